The number of halogens is 1. The topological polar surface area (TPSA) is 159 Å². The van der Waals surface area contributed by atoms with E-state index in [-0.39, 0.29) is 18.1 Å². The van der Waals surface area contributed by atoms with Gasteiger partial charge in [0.15, 0.2) is 11.5 Å². The van der Waals surface area contributed by atoms with E-state index in [4.69, 9.17) is 0 Å². The molecule has 1 amide bonds. The molecule has 6 aromatic rings. The minimum absolute atomic E-state index is 0.0766. The van der Waals surface area contributed by atoms with Crippen molar-refractivity contribution in [3.8, 4) is 33.9 Å². The summed E-state index contributed by atoms with van der Waals surface area (Å²) < 4.78 is 37.9. The summed E-state index contributed by atoms with van der Waals surface area (Å²) >= 11 is 0. The number of nitrogens with zero attached hydrogens (tertiary/aromatic N) is 5. The number of rotatable bonds is 9. The van der Waals surface area contributed by atoms with Gasteiger partial charge in [0.25, 0.3) is 0 Å². The van der Waals surface area contributed by atoms with Crippen LogP contribution in [0.4, 0.5) is 10.1 Å². The minimum atomic E-state index is -3.20. The summed E-state index contributed by atoms with van der Waals surface area (Å²) in [5.74, 6) is -0.172. The number of hydrogen-bond donors (Lipinski definition) is 3. The van der Waals surface area contributed by atoms with Gasteiger partial charge in [-0.05, 0) is 54.3 Å². The van der Waals surface area contributed by atoms with Crippen molar-refractivity contribution in [2.75, 3.05) is 17.3 Å². The Balaban J connectivity index is 1.37. The fraction of sp³-hybridized carbons (Fsp3) is 0.200. The van der Waals surface area contributed by atoms with Crippen molar-refractivity contribution in [3.63, 3.8) is 0 Å². The van der Waals surface area contributed by atoms with Crippen molar-refractivity contribution in [1.29, 1.82) is 0 Å². The van der Waals surface area contributed by atoms with Crippen LogP contribution in [0.15, 0.2) is 61.2 Å². The van der Waals surface area contributed by atoms with E-state index < -0.39 is 15.7 Å². The van der Waals surface area contributed by atoms with E-state index >= 15 is 0 Å². The van der Waals surface area contributed by atoms with Gasteiger partial charge in [-0.15, -0.1) is 0 Å². The maximum Gasteiger partial charge on any atom is 0.224 e. The molecule has 43 heavy (non-hydrogen) atoms. The Morgan fingerprint density at radius 3 is 2.72 bits per heavy atom. The van der Waals surface area contributed by atoms with Gasteiger partial charge in [0.05, 0.1) is 40.6 Å². The third kappa shape index (κ3) is 6.11. The minimum Gasteiger partial charge on any atom is -0.335 e. The zero-order valence-electron chi connectivity index (χ0n) is 23.3. The van der Waals surface area contributed by atoms with Gasteiger partial charge in [-0.3, -0.25) is 19.9 Å². The van der Waals surface area contributed by atoms with E-state index in [1.807, 2.05) is 19.1 Å². The highest BCUT2D eigenvalue weighted by atomic mass is 32.2. The van der Waals surface area contributed by atoms with Crippen LogP contribution in [0.2, 0.25) is 0 Å². The van der Waals surface area contributed by atoms with Gasteiger partial charge >= 0.3 is 0 Å². The summed E-state index contributed by atoms with van der Waals surface area (Å²) in [5.41, 5.74) is 5.97. The van der Waals surface area contributed by atoms with Crippen molar-refractivity contribution >= 4 is 43.5 Å². The molecule has 1 aromatic carbocycles. The molecule has 0 atom stereocenters. The number of fused-ring (bicyclic) bond motifs is 2. The van der Waals surface area contributed by atoms with Gasteiger partial charge in [0.1, 0.15) is 21.3 Å². The molecule has 0 spiro atoms. The molecule has 0 aliphatic rings. The van der Waals surface area contributed by atoms with Crippen LogP contribution in [0.5, 0.6) is 0 Å². The molecular weight excluding hydrogens is 571 g/mol. The molecule has 0 radical (unpaired) electrons. The molecule has 0 aliphatic carbocycles. The number of carbonyl (C=O) groups is 1. The SMILES string of the molecule is CCCC(=O)Nc1cncc(-c2cc3c(-c4nc5nccc(-c6cc(F)cc(CCS(C)(=O)=O)c6)c5[nH]4)n[nH]c3cn2)c1. The smallest absolute Gasteiger partial charge is 0.224 e. The molecule has 5 aromatic heterocycles. The lowest BCUT2D eigenvalue weighted by molar-refractivity contribution is -0.116. The Labute approximate surface area is 246 Å². The van der Waals surface area contributed by atoms with Crippen LogP contribution in [0.25, 0.3) is 56.0 Å². The van der Waals surface area contributed by atoms with E-state index in [1.54, 1.807) is 36.9 Å². The van der Waals surface area contributed by atoms with Crippen molar-refractivity contribution in [2.24, 2.45) is 0 Å². The number of aromatic nitrogens is 7. The summed E-state index contributed by atoms with van der Waals surface area (Å²) in [6.07, 6.45) is 9.04. The lowest BCUT2D eigenvalue weighted by atomic mass is 10.0. The number of anilines is 1. The van der Waals surface area contributed by atoms with E-state index in [2.05, 4.69) is 40.4 Å². The number of pyridine rings is 3. The van der Waals surface area contributed by atoms with Gasteiger partial charge in [0, 0.05) is 41.6 Å². The van der Waals surface area contributed by atoms with Crippen LogP contribution < -0.4 is 5.32 Å². The molecule has 11 nitrogen and oxygen atoms in total. The number of carbonyl (C=O) groups excluding carboxylic acids is 1. The standard InChI is InChI=1S/C30H27FN8O3S/c1-3-4-26(40)35-21-12-19(14-32-15-21)24-13-23-25(16-34-24)38-39-28(23)30-36-27-22(5-7-33-29(27)37-30)18-9-17(10-20(31)11-18)6-8-43(2,41)42/h5,7,9-16H,3-4,6,8H2,1-2H3,(H,35,40)(H,38,39)(H,33,36,37). The number of hydrogen-bond acceptors (Lipinski definition) is 8. The first-order valence-corrected chi connectivity index (χ1v) is 15.6. The molecule has 0 saturated carbocycles. The molecule has 5 heterocycles. The van der Waals surface area contributed by atoms with Gasteiger partial charge in [0.2, 0.25) is 5.91 Å². The van der Waals surface area contributed by atoms with Gasteiger partial charge in [-0.25, -0.2) is 22.8 Å². The zero-order chi connectivity index (χ0) is 30.1. The number of aromatic amines is 2. The maximum absolute atomic E-state index is 14.6. The third-order valence-corrected chi connectivity index (χ3v) is 7.83. The molecule has 6 rings (SSSR count). The monoisotopic (exact) mass is 598 g/mol. The second-order valence-corrected chi connectivity index (χ2v) is 12.6. The molecule has 0 bridgehead atoms. The molecule has 0 saturated heterocycles. The molecule has 0 aliphatic heterocycles. The lowest BCUT2D eigenvalue weighted by Gasteiger charge is -2.07. The van der Waals surface area contributed by atoms with Crippen LogP contribution in [-0.2, 0) is 21.1 Å². The van der Waals surface area contributed by atoms with E-state index in [1.165, 1.54) is 12.1 Å². The van der Waals surface area contributed by atoms with Crippen molar-refractivity contribution < 1.29 is 17.6 Å². The molecule has 13 heteroatoms. The number of H-pyrrole nitrogens is 2. The number of benzene rings is 1. The van der Waals surface area contributed by atoms with Crippen LogP contribution in [0.1, 0.15) is 25.3 Å². The number of nitrogens with one attached hydrogen (secondary N) is 3. The first kappa shape index (κ1) is 28.1. The average molecular weight is 599 g/mol. The first-order chi connectivity index (χ1) is 20.7. The summed E-state index contributed by atoms with van der Waals surface area (Å²) in [5, 5.41) is 11.1. The van der Waals surface area contributed by atoms with Crippen LogP contribution >= 0.6 is 0 Å². The highest BCUT2D eigenvalue weighted by Crippen LogP contribution is 2.33. The Morgan fingerprint density at radius 2 is 1.91 bits per heavy atom. The highest BCUT2D eigenvalue weighted by molar-refractivity contribution is 7.90. The second-order valence-electron chi connectivity index (χ2n) is 10.3. The fourth-order valence-corrected chi connectivity index (χ4v) is 5.48. The van der Waals surface area contributed by atoms with Crippen molar-refractivity contribution in [1.82, 2.24) is 35.1 Å². The maximum atomic E-state index is 14.6. The summed E-state index contributed by atoms with van der Waals surface area (Å²) in [6.45, 7) is 1.94. The largest absolute Gasteiger partial charge is 0.335 e. The molecule has 3 N–H and O–H groups in total. The normalized spacial score (nSPS) is 11.8. The summed E-state index contributed by atoms with van der Waals surface area (Å²) in [7, 11) is -3.20. The highest BCUT2D eigenvalue weighted by Gasteiger charge is 2.18. The van der Waals surface area contributed by atoms with E-state index in [0.717, 1.165) is 23.6 Å². The van der Waals surface area contributed by atoms with Gasteiger partial charge < -0.3 is 10.3 Å². The number of sulfone groups is 1. The number of amides is 1. The van der Waals surface area contributed by atoms with Crippen molar-refractivity contribution in [2.45, 2.75) is 26.2 Å². The quantitative estimate of drug-likeness (QED) is 0.208. The number of imidazole rings is 1. The molecule has 218 valence electrons. The Morgan fingerprint density at radius 1 is 1.05 bits per heavy atom. The second kappa shape index (κ2) is 11.3. The summed E-state index contributed by atoms with van der Waals surface area (Å²) in [4.78, 5) is 33.2. The van der Waals surface area contributed by atoms with Crippen LogP contribution in [-0.4, -0.2) is 61.5 Å². The van der Waals surface area contributed by atoms with E-state index in [9.17, 15) is 17.6 Å². The molecule has 0 fully saturated rings. The van der Waals surface area contributed by atoms with Gasteiger partial charge in [-0.1, -0.05) is 13.0 Å². The number of aryl methyl sites for hydroxylation is 1. The zero-order valence-corrected chi connectivity index (χ0v) is 24.2. The molecular formula is C30H27FN8O3S. The predicted molar refractivity (Wildman–Crippen MR) is 162 cm³/mol. The lowest BCUT2D eigenvalue weighted by Crippen LogP contribution is -2.10. The van der Waals surface area contributed by atoms with Crippen LogP contribution in [0, 0.1) is 5.82 Å². The van der Waals surface area contributed by atoms with E-state index in [0.29, 0.717) is 62.7 Å². The average Bonchev–Trinajstić information content (AvgIpc) is 3.59. The Bertz CT molecular complexity index is 2110. The summed E-state index contributed by atoms with van der Waals surface area (Å²) in [6, 6.07) is 9.95. The third-order valence-electron chi connectivity index (χ3n) is 6.89. The first-order valence-electron chi connectivity index (χ1n) is 13.6. The Hall–Kier alpha value is -5.04. The fourth-order valence-electron chi connectivity index (χ4n) is 4.87. The Kier molecular flexibility index (Phi) is 7.40. The van der Waals surface area contributed by atoms with Gasteiger partial charge in [-0.2, -0.15) is 5.10 Å². The van der Waals surface area contributed by atoms with Crippen LogP contribution in [0.3, 0.4) is 0 Å². The molecule has 0 unspecified atom stereocenters. The predicted octanol–water partition coefficient (Wildman–Crippen LogP) is 5.09. The van der Waals surface area contributed by atoms with Crippen molar-refractivity contribution in [3.05, 3.63) is 72.6 Å².